The first-order valence-electron chi connectivity index (χ1n) is 13.9. The third kappa shape index (κ3) is 13.2. The summed E-state index contributed by atoms with van der Waals surface area (Å²) in [7, 11) is 0. The molecule has 0 aliphatic heterocycles. The summed E-state index contributed by atoms with van der Waals surface area (Å²) in [5.74, 6) is -1.00. The molecule has 0 aliphatic carbocycles. The van der Waals surface area contributed by atoms with Gasteiger partial charge in [0.25, 0.3) is 0 Å². The van der Waals surface area contributed by atoms with E-state index in [0.717, 1.165) is 12.2 Å². The van der Waals surface area contributed by atoms with E-state index in [4.69, 9.17) is 0 Å². The van der Waals surface area contributed by atoms with Gasteiger partial charge >= 0.3 is 0 Å². The van der Waals surface area contributed by atoms with Gasteiger partial charge in [0, 0.05) is 51.5 Å². The van der Waals surface area contributed by atoms with E-state index in [2.05, 4.69) is 0 Å². The molecule has 0 atom stereocenters. The van der Waals surface area contributed by atoms with Gasteiger partial charge in [-0.1, -0.05) is 72.8 Å². The summed E-state index contributed by atoms with van der Waals surface area (Å²) in [6.07, 6.45) is 13.2. The van der Waals surface area contributed by atoms with E-state index in [0.29, 0.717) is 22.3 Å². The fraction of sp³-hybridized carbons (Fsp3) is 0. The minimum absolute atomic E-state index is 0. The number of hydrogen-bond acceptors (Lipinski definition) is 8. The van der Waals surface area contributed by atoms with Crippen molar-refractivity contribution in [3.05, 3.63) is 167 Å². The third-order valence-electron chi connectivity index (χ3n) is 6.05. The largest absolute Gasteiger partial charge is 0.508 e. The van der Waals surface area contributed by atoms with Crippen LogP contribution in [0.15, 0.2) is 145 Å². The van der Waals surface area contributed by atoms with Gasteiger partial charge in [-0.15, -0.1) is 0 Å². The van der Waals surface area contributed by atoms with E-state index in [1.54, 1.807) is 72.8 Å². The number of aromatic hydroxyl groups is 4. The number of para-hydroxylation sites is 4. The van der Waals surface area contributed by atoms with Gasteiger partial charge in [0.1, 0.15) is 34.5 Å². The zero-order valence-electron chi connectivity index (χ0n) is 24.8. The molecule has 0 aliphatic rings. The van der Waals surface area contributed by atoms with Crippen molar-refractivity contribution in [2.45, 2.75) is 0 Å². The minimum atomic E-state index is -0.423. The molecule has 0 saturated carbocycles. The van der Waals surface area contributed by atoms with E-state index in [-0.39, 0.29) is 51.6 Å². The molecule has 0 spiro atoms. The normalized spacial score (nSPS) is 11.8. The molecule has 4 rings (SSSR count). The number of phenolic OH excluding ortho intramolecular Hbond substituents is 4. The number of phenols is 4. The summed E-state index contributed by atoms with van der Waals surface area (Å²) in [6, 6.07) is 26.5. The molecular formula is C38H32CuO8. The maximum atomic E-state index is 11.7. The van der Waals surface area contributed by atoms with Gasteiger partial charge in [-0.25, -0.2) is 0 Å². The zero-order valence-corrected chi connectivity index (χ0v) is 25.8. The molecule has 0 aromatic heterocycles. The molecule has 4 aromatic rings. The molecule has 9 heteroatoms. The Morgan fingerprint density at radius 1 is 0.404 bits per heavy atom. The van der Waals surface area contributed by atoms with Crippen molar-refractivity contribution in [1.82, 2.24) is 0 Å². The predicted molar refractivity (Wildman–Crippen MR) is 180 cm³/mol. The molecule has 0 heterocycles. The van der Waals surface area contributed by atoms with Gasteiger partial charge in [-0.05, 0) is 72.9 Å². The SMILES string of the molecule is O=C(/C=C(O)/C=C/c1ccccc1O)/C=C/c1ccccc1O.O=C(/C=C(O)/C=C/c1ccccc1O)/C=C/c1ccccc1O.[Cu]. The summed E-state index contributed by atoms with van der Waals surface area (Å²) in [6.45, 7) is 0. The maximum absolute atomic E-state index is 11.7. The second kappa shape index (κ2) is 19.4. The third-order valence-corrected chi connectivity index (χ3v) is 6.05. The van der Waals surface area contributed by atoms with Crippen molar-refractivity contribution in [1.29, 1.82) is 0 Å². The van der Waals surface area contributed by atoms with Crippen LogP contribution in [0.1, 0.15) is 22.3 Å². The number of rotatable bonds is 10. The van der Waals surface area contributed by atoms with E-state index >= 15 is 0 Å². The fourth-order valence-corrected chi connectivity index (χ4v) is 3.69. The van der Waals surface area contributed by atoms with Crippen LogP contribution in [0.25, 0.3) is 24.3 Å². The predicted octanol–water partition coefficient (Wildman–Crippen LogP) is 7.67. The van der Waals surface area contributed by atoms with Crippen molar-refractivity contribution in [3.63, 3.8) is 0 Å². The van der Waals surface area contributed by atoms with Gasteiger partial charge in [-0.2, -0.15) is 0 Å². The Hall–Kier alpha value is -6.02. The number of aliphatic hydroxyl groups excluding tert-OH is 2. The molecule has 8 nitrogen and oxygen atoms in total. The molecule has 0 bridgehead atoms. The zero-order chi connectivity index (χ0) is 33.3. The Kier molecular flexibility index (Phi) is 15.3. The fourth-order valence-electron chi connectivity index (χ4n) is 3.69. The first kappa shape index (κ1) is 37.2. The average Bonchev–Trinajstić information content (AvgIpc) is 3.03. The van der Waals surface area contributed by atoms with Crippen molar-refractivity contribution in [2.75, 3.05) is 0 Å². The second-order valence-corrected chi connectivity index (χ2v) is 9.51. The number of aliphatic hydroxyl groups is 2. The molecule has 0 amide bonds. The number of hydrogen-bond donors (Lipinski definition) is 6. The standard InChI is InChI=1S/2C19H16O4.Cu/c2*20-16(11-9-14-5-1-3-7-18(14)22)13-17(21)12-10-15-6-2-4-8-19(15)23;/h2*1-13,20,22-23H;/b2*11-9+,12-10+,16-13-;. The van der Waals surface area contributed by atoms with Gasteiger partial charge in [0.15, 0.2) is 11.6 Å². The topological polar surface area (TPSA) is 156 Å². The number of benzene rings is 4. The molecule has 0 fully saturated rings. The number of carbonyl (C=O) groups excluding carboxylic acids is 2. The van der Waals surface area contributed by atoms with Gasteiger partial charge < -0.3 is 30.6 Å². The van der Waals surface area contributed by atoms with Crippen LogP contribution >= 0.6 is 0 Å². The van der Waals surface area contributed by atoms with Crippen LogP contribution in [0.5, 0.6) is 23.0 Å². The van der Waals surface area contributed by atoms with E-state index < -0.39 is 11.6 Å². The number of ketones is 2. The van der Waals surface area contributed by atoms with E-state index in [1.807, 2.05) is 0 Å². The quantitative estimate of drug-likeness (QED) is 0.0432. The first-order chi connectivity index (χ1) is 22.1. The molecule has 243 valence electrons. The van der Waals surface area contributed by atoms with Crippen LogP contribution in [-0.4, -0.2) is 42.2 Å². The summed E-state index contributed by atoms with van der Waals surface area (Å²) in [4.78, 5) is 23.5. The Labute approximate surface area is 282 Å². The average molecular weight is 680 g/mol. The second-order valence-electron chi connectivity index (χ2n) is 9.51. The van der Waals surface area contributed by atoms with Crippen molar-refractivity contribution < 1.29 is 57.3 Å². The van der Waals surface area contributed by atoms with Crippen LogP contribution in [0.2, 0.25) is 0 Å². The van der Waals surface area contributed by atoms with Crippen molar-refractivity contribution >= 4 is 35.9 Å². The summed E-state index contributed by atoms with van der Waals surface area (Å²) in [5, 5.41) is 57.8. The van der Waals surface area contributed by atoms with Crippen LogP contribution in [0.4, 0.5) is 0 Å². The maximum Gasteiger partial charge on any atom is 0.182 e. The van der Waals surface area contributed by atoms with Crippen LogP contribution in [-0.2, 0) is 26.7 Å². The van der Waals surface area contributed by atoms with Gasteiger partial charge in [-0.3, -0.25) is 9.59 Å². The molecular weight excluding hydrogens is 648 g/mol. The summed E-state index contributed by atoms with van der Waals surface area (Å²) in [5.41, 5.74) is 2.09. The molecule has 0 unspecified atom stereocenters. The number of carbonyl (C=O) groups is 2. The van der Waals surface area contributed by atoms with Gasteiger partial charge in [0.05, 0.1) is 0 Å². The van der Waals surface area contributed by atoms with Crippen molar-refractivity contribution in [2.24, 2.45) is 0 Å². The number of allylic oxidation sites excluding steroid dienone is 6. The van der Waals surface area contributed by atoms with Crippen LogP contribution in [0.3, 0.4) is 0 Å². The smallest absolute Gasteiger partial charge is 0.182 e. The van der Waals surface area contributed by atoms with E-state index in [9.17, 15) is 40.2 Å². The molecule has 4 aromatic carbocycles. The summed E-state index contributed by atoms with van der Waals surface area (Å²) < 4.78 is 0. The van der Waals surface area contributed by atoms with Crippen LogP contribution < -0.4 is 0 Å². The molecule has 6 N–H and O–H groups in total. The van der Waals surface area contributed by atoms with Crippen LogP contribution in [0, 0.1) is 0 Å². The van der Waals surface area contributed by atoms with Crippen molar-refractivity contribution in [3.8, 4) is 23.0 Å². The molecule has 1 radical (unpaired) electrons. The Bertz CT molecular complexity index is 1710. The Morgan fingerprint density at radius 3 is 0.894 bits per heavy atom. The summed E-state index contributed by atoms with van der Waals surface area (Å²) >= 11 is 0. The monoisotopic (exact) mass is 679 g/mol. The first-order valence-corrected chi connectivity index (χ1v) is 13.9. The Morgan fingerprint density at radius 2 is 0.638 bits per heavy atom. The molecule has 0 saturated heterocycles. The van der Waals surface area contributed by atoms with E-state index in [1.165, 1.54) is 72.9 Å². The van der Waals surface area contributed by atoms with Gasteiger partial charge in [0.2, 0.25) is 0 Å². The Balaban J connectivity index is 0.000000320. The molecule has 47 heavy (non-hydrogen) atoms. The minimum Gasteiger partial charge on any atom is -0.508 e.